The molecule has 39 heavy (non-hydrogen) atoms. The third-order valence-corrected chi connectivity index (χ3v) is 7.98. The summed E-state index contributed by atoms with van der Waals surface area (Å²) in [5, 5.41) is 9.90. The minimum Gasteiger partial charge on any atom is -0.464 e. The first-order valence-corrected chi connectivity index (χ1v) is 12.9. The Morgan fingerprint density at radius 2 is 1.77 bits per heavy atom. The molecule has 3 amide bonds. The highest BCUT2D eigenvalue weighted by molar-refractivity contribution is 6.35. The van der Waals surface area contributed by atoms with E-state index in [1.54, 1.807) is 36.9 Å². The number of nitrogens with zero attached hydrogens (tertiary/aromatic N) is 5. The van der Waals surface area contributed by atoms with E-state index in [9.17, 15) is 19.6 Å². The number of carbonyl (C=O) groups is 3. The topological polar surface area (TPSA) is 98.9 Å². The molecule has 9 nitrogen and oxygen atoms in total. The highest BCUT2D eigenvalue weighted by Gasteiger charge is 2.64. The Bertz CT molecular complexity index is 1510. The summed E-state index contributed by atoms with van der Waals surface area (Å²) in [6.45, 7) is 1.16. The smallest absolute Gasteiger partial charge is 0.354 e. The van der Waals surface area contributed by atoms with Crippen molar-refractivity contribution in [2.75, 3.05) is 32.1 Å². The van der Waals surface area contributed by atoms with Gasteiger partial charge in [-0.1, -0.05) is 35.3 Å². The quantitative estimate of drug-likeness (QED) is 0.335. The molecule has 11 heteroatoms. The Hall–Kier alpha value is -3.84. The number of urea groups is 1. The van der Waals surface area contributed by atoms with Crippen LogP contribution in [-0.2, 0) is 23.1 Å². The maximum atomic E-state index is 14.3. The number of amides is 3. The fourth-order valence-corrected chi connectivity index (χ4v) is 6.21. The Balaban J connectivity index is 1.56. The largest absolute Gasteiger partial charge is 0.464 e. The van der Waals surface area contributed by atoms with E-state index in [1.165, 1.54) is 30.2 Å². The Labute approximate surface area is 235 Å². The van der Waals surface area contributed by atoms with E-state index in [1.807, 2.05) is 18.3 Å². The third kappa shape index (κ3) is 4.44. The van der Waals surface area contributed by atoms with Gasteiger partial charge in [-0.25, -0.2) is 14.5 Å². The molecule has 2 aliphatic rings. The number of ether oxygens (including phenoxy) is 1. The molecule has 200 valence electrons. The highest BCUT2D eigenvalue weighted by atomic mass is 35.5. The van der Waals surface area contributed by atoms with Crippen molar-refractivity contribution in [3.05, 3.63) is 87.2 Å². The molecule has 0 saturated carbocycles. The van der Waals surface area contributed by atoms with Crippen LogP contribution in [-0.4, -0.2) is 65.1 Å². The van der Waals surface area contributed by atoms with Gasteiger partial charge in [0.25, 0.3) is 5.91 Å². The first-order valence-electron chi connectivity index (χ1n) is 12.1. The Morgan fingerprint density at radius 3 is 2.38 bits per heavy atom. The summed E-state index contributed by atoms with van der Waals surface area (Å²) < 4.78 is 6.57. The average Bonchev–Trinajstić information content (AvgIpc) is 3.52. The van der Waals surface area contributed by atoms with Crippen molar-refractivity contribution in [3.8, 4) is 6.07 Å². The predicted molar refractivity (Wildman–Crippen MR) is 146 cm³/mol. The van der Waals surface area contributed by atoms with E-state index in [4.69, 9.17) is 27.9 Å². The van der Waals surface area contributed by atoms with Crippen LogP contribution in [0.3, 0.4) is 0 Å². The van der Waals surface area contributed by atoms with Gasteiger partial charge in [0.1, 0.15) is 11.2 Å². The summed E-state index contributed by atoms with van der Waals surface area (Å²) in [4.78, 5) is 44.8. The molecule has 2 fully saturated rings. The number of carbonyl (C=O) groups excluding carboxylic acids is 3. The summed E-state index contributed by atoms with van der Waals surface area (Å²) >= 11 is 12.4. The fraction of sp³-hybridized carbons (Fsp3) is 0.286. The van der Waals surface area contributed by atoms with Gasteiger partial charge in [0.2, 0.25) is 0 Å². The second-order valence-corrected chi connectivity index (χ2v) is 10.7. The lowest BCUT2D eigenvalue weighted by molar-refractivity contribution is -0.124. The summed E-state index contributed by atoms with van der Waals surface area (Å²) in [5.74, 6) is -1.21. The van der Waals surface area contributed by atoms with Crippen LogP contribution in [0.5, 0.6) is 0 Å². The molecule has 3 heterocycles. The SMILES string of the molecule is COC(=O)c1cc(CN2CC(c3ccc(C#N)cc3)C3(C2)C(=O)N(c2cc(Cl)cc(Cl)c2)C(=O)N3C)cn1C. The number of halogens is 2. The van der Waals surface area contributed by atoms with Gasteiger partial charge in [-0.05, 0) is 47.5 Å². The summed E-state index contributed by atoms with van der Waals surface area (Å²) in [7, 11) is 4.73. The molecule has 2 aromatic carbocycles. The first-order chi connectivity index (χ1) is 18.6. The lowest BCUT2D eigenvalue weighted by atomic mass is 9.80. The lowest BCUT2D eigenvalue weighted by Gasteiger charge is -2.34. The number of aromatic nitrogens is 1. The van der Waals surface area contributed by atoms with Crippen molar-refractivity contribution in [1.29, 1.82) is 5.26 Å². The normalized spacial score (nSPS) is 21.2. The molecule has 2 aliphatic heterocycles. The number of hydrogen-bond donors (Lipinski definition) is 0. The molecule has 2 unspecified atom stereocenters. The van der Waals surface area contributed by atoms with Crippen LogP contribution in [0, 0.1) is 11.3 Å². The molecule has 1 aromatic heterocycles. The minimum atomic E-state index is -1.22. The standard InChI is InChI=1S/C28H25Cl2N5O4/c1-32-13-18(8-24(32)25(36)39-3)14-34-15-23(19-6-4-17(12-31)5-7-19)28(16-34)26(37)35(27(38)33(28)2)22-10-20(29)9-21(30)11-22/h4-11,13,23H,14-16H2,1-3H3. The van der Waals surface area contributed by atoms with Crippen LogP contribution < -0.4 is 4.90 Å². The van der Waals surface area contributed by atoms with Gasteiger partial charge in [-0.15, -0.1) is 0 Å². The van der Waals surface area contributed by atoms with Gasteiger partial charge in [-0.3, -0.25) is 9.69 Å². The molecule has 0 radical (unpaired) electrons. The number of aryl methyl sites for hydroxylation is 1. The lowest BCUT2D eigenvalue weighted by Crippen LogP contribution is -2.53. The summed E-state index contributed by atoms with van der Waals surface area (Å²) in [6.07, 6.45) is 1.85. The number of nitriles is 1. The number of likely N-dealkylation sites (N-methyl/N-ethyl adjacent to an activating group) is 1. The van der Waals surface area contributed by atoms with E-state index in [-0.39, 0.29) is 12.5 Å². The summed E-state index contributed by atoms with van der Waals surface area (Å²) in [6, 6.07) is 15.1. The number of esters is 1. The molecule has 1 spiro atoms. The molecule has 0 bridgehead atoms. The van der Waals surface area contributed by atoms with Crippen LogP contribution in [0.1, 0.15) is 33.1 Å². The third-order valence-electron chi connectivity index (χ3n) is 7.54. The number of likely N-dealkylation sites (tertiary alicyclic amines) is 1. The van der Waals surface area contributed by atoms with E-state index in [0.717, 1.165) is 16.0 Å². The van der Waals surface area contributed by atoms with Crippen molar-refractivity contribution >= 4 is 46.8 Å². The van der Waals surface area contributed by atoms with Crippen LogP contribution in [0.4, 0.5) is 10.5 Å². The first kappa shape index (κ1) is 26.8. The number of anilines is 1. The van der Waals surface area contributed by atoms with Gasteiger partial charge >= 0.3 is 12.0 Å². The van der Waals surface area contributed by atoms with Crippen molar-refractivity contribution in [2.24, 2.45) is 7.05 Å². The Morgan fingerprint density at radius 1 is 1.10 bits per heavy atom. The van der Waals surface area contributed by atoms with Crippen LogP contribution >= 0.6 is 23.2 Å². The zero-order valence-corrected chi connectivity index (χ0v) is 23.0. The molecule has 0 N–H and O–H groups in total. The van der Waals surface area contributed by atoms with Crippen LogP contribution in [0.15, 0.2) is 54.7 Å². The van der Waals surface area contributed by atoms with E-state index >= 15 is 0 Å². The van der Waals surface area contributed by atoms with Crippen molar-refractivity contribution in [2.45, 2.75) is 18.0 Å². The molecule has 2 saturated heterocycles. The molecule has 5 rings (SSSR count). The zero-order valence-electron chi connectivity index (χ0n) is 21.5. The Kier molecular flexibility index (Phi) is 6.89. The van der Waals surface area contributed by atoms with Crippen molar-refractivity contribution in [3.63, 3.8) is 0 Å². The molecule has 2 atom stereocenters. The van der Waals surface area contributed by atoms with Gasteiger partial charge in [-0.2, -0.15) is 5.26 Å². The monoisotopic (exact) mass is 565 g/mol. The van der Waals surface area contributed by atoms with Crippen molar-refractivity contribution in [1.82, 2.24) is 14.4 Å². The second kappa shape index (κ2) is 10.0. The van der Waals surface area contributed by atoms with E-state index < -0.39 is 23.5 Å². The number of hydrogen-bond acceptors (Lipinski definition) is 6. The fourth-order valence-electron chi connectivity index (χ4n) is 5.70. The number of imide groups is 1. The molecule has 3 aromatic rings. The highest BCUT2D eigenvalue weighted by Crippen LogP contribution is 2.47. The maximum Gasteiger partial charge on any atom is 0.354 e. The second-order valence-electron chi connectivity index (χ2n) is 9.83. The van der Waals surface area contributed by atoms with Gasteiger partial charge in [0.05, 0.1) is 24.4 Å². The van der Waals surface area contributed by atoms with Crippen LogP contribution in [0.2, 0.25) is 10.0 Å². The summed E-state index contributed by atoms with van der Waals surface area (Å²) in [5.41, 5.74) is 1.69. The zero-order chi connectivity index (χ0) is 28.1. The van der Waals surface area contributed by atoms with Gasteiger partial charge < -0.3 is 14.2 Å². The molecular weight excluding hydrogens is 541 g/mol. The average molecular weight is 566 g/mol. The molecule has 0 aliphatic carbocycles. The number of benzene rings is 2. The minimum absolute atomic E-state index is 0.256. The van der Waals surface area contributed by atoms with Crippen molar-refractivity contribution < 1.29 is 19.1 Å². The number of rotatable bonds is 5. The van der Waals surface area contributed by atoms with E-state index in [0.29, 0.717) is 40.1 Å². The maximum absolute atomic E-state index is 14.3. The van der Waals surface area contributed by atoms with E-state index in [2.05, 4.69) is 11.0 Å². The molecular formula is C28H25Cl2N5O4. The van der Waals surface area contributed by atoms with Crippen LogP contribution in [0.25, 0.3) is 0 Å². The van der Waals surface area contributed by atoms with Gasteiger partial charge in [0, 0.05) is 55.9 Å². The number of methoxy groups -OCH3 is 1. The predicted octanol–water partition coefficient (Wildman–Crippen LogP) is 4.43. The van der Waals surface area contributed by atoms with Gasteiger partial charge in [0.15, 0.2) is 0 Å².